The van der Waals surface area contributed by atoms with Gasteiger partial charge in [-0.25, -0.2) is 0 Å². The molecule has 0 fully saturated rings. The molecule has 5 heteroatoms. The number of amides is 2. The van der Waals surface area contributed by atoms with Crippen LogP contribution in [0.25, 0.3) is 0 Å². The minimum atomic E-state index is -0.242. The van der Waals surface area contributed by atoms with Crippen LogP contribution in [-0.4, -0.2) is 18.4 Å². The zero-order valence-electron chi connectivity index (χ0n) is 15.1. The summed E-state index contributed by atoms with van der Waals surface area (Å²) in [5.41, 5.74) is 3.48. The van der Waals surface area contributed by atoms with Gasteiger partial charge in [-0.05, 0) is 36.1 Å². The van der Waals surface area contributed by atoms with Crippen LogP contribution < -0.4 is 15.4 Å². The van der Waals surface area contributed by atoms with Gasteiger partial charge in [0.1, 0.15) is 5.75 Å². The van der Waals surface area contributed by atoms with Crippen LogP contribution in [0.5, 0.6) is 5.75 Å². The molecule has 0 aromatic heterocycles. The van der Waals surface area contributed by atoms with Gasteiger partial charge in [0.15, 0.2) is 6.61 Å². The van der Waals surface area contributed by atoms with Gasteiger partial charge in [0, 0.05) is 12.6 Å². The Kier molecular flexibility index (Phi) is 6.17. The molecule has 0 aliphatic carbocycles. The van der Waals surface area contributed by atoms with E-state index in [1.165, 1.54) is 6.92 Å². The number of carbonyl (C=O) groups is 2. The highest BCUT2D eigenvalue weighted by Gasteiger charge is 2.13. The molecule has 0 atom stereocenters. The van der Waals surface area contributed by atoms with Crippen LogP contribution in [0.15, 0.2) is 42.5 Å². The van der Waals surface area contributed by atoms with Crippen molar-refractivity contribution in [2.45, 2.75) is 33.6 Å². The number of aryl methyl sites for hydroxylation is 1. The molecular weight excluding hydrogens is 316 g/mol. The highest BCUT2D eigenvalue weighted by atomic mass is 16.5. The summed E-state index contributed by atoms with van der Waals surface area (Å²) >= 11 is 0. The fourth-order valence-corrected chi connectivity index (χ4v) is 2.55. The lowest BCUT2D eigenvalue weighted by atomic mass is 9.98. The second-order valence-electron chi connectivity index (χ2n) is 6.21. The van der Waals surface area contributed by atoms with Crippen LogP contribution >= 0.6 is 0 Å². The molecule has 132 valence electrons. The molecule has 0 bridgehead atoms. The number of anilines is 2. The Labute approximate surface area is 148 Å². The maximum atomic E-state index is 12.3. The number of carbonyl (C=O) groups excluding carboxylic acids is 2. The minimum Gasteiger partial charge on any atom is -0.482 e. The van der Waals surface area contributed by atoms with Gasteiger partial charge in [0.05, 0.1) is 5.69 Å². The number of benzene rings is 2. The Morgan fingerprint density at radius 1 is 1.04 bits per heavy atom. The SMILES string of the molecule is CC(=O)Nc1ccccc1OCC(=O)Nc1c(C)cccc1C(C)C. The second kappa shape index (κ2) is 8.33. The van der Waals surface area contributed by atoms with Crippen LogP contribution in [0.1, 0.15) is 37.8 Å². The summed E-state index contributed by atoms with van der Waals surface area (Å²) < 4.78 is 5.59. The van der Waals surface area contributed by atoms with E-state index in [1.807, 2.05) is 25.1 Å². The van der Waals surface area contributed by atoms with Gasteiger partial charge < -0.3 is 15.4 Å². The molecule has 0 aliphatic heterocycles. The lowest BCUT2D eigenvalue weighted by Gasteiger charge is -2.17. The van der Waals surface area contributed by atoms with Crippen LogP contribution in [-0.2, 0) is 9.59 Å². The molecule has 2 aromatic rings. The maximum absolute atomic E-state index is 12.3. The molecule has 2 amide bonds. The first kappa shape index (κ1) is 18.5. The third kappa shape index (κ3) is 5.08. The van der Waals surface area contributed by atoms with Crippen molar-refractivity contribution < 1.29 is 14.3 Å². The number of ether oxygens (including phenoxy) is 1. The van der Waals surface area contributed by atoms with E-state index in [0.717, 1.165) is 16.8 Å². The predicted octanol–water partition coefficient (Wildman–Crippen LogP) is 4.09. The zero-order valence-corrected chi connectivity index (χ0v) is 15.1. The Morgan fingerprint density at radius 2 is 1.76 bits per heavy atom. The molecule has 0 heterocycles. The molecule has 0 spiro atoms. The zero-order chi connectivity index (χ0) is 18.4. The topological polar surface area (TPSA) is 67.4 Å². The molecule has 0 unspecified atom stereocenters. The third-order valence-corrected chi connectivity index (χ3v) is 3.75. The Morgan fingerprint density at radius 3 is 2.44 bits per heavy atom. The molecule has 2 N–H and O–H groups in total. The van der Waals surface area contributed by atoms with Crippen molar-refractivity contribution in [2.24, 2.45) is 0 Å². The van der Waals surface area contributed by atoms with Crippen LogP contribution in [0.3, 0.4) is 0 Å². The number of hydrogen-bond acceptors (Lipinski definition) is 3. The fourth-order valence-electron chi connectivity index (χ4n) is 2.55. The monoisotopic (exact) mass is 340 g/mol. The molecule has 0 saturated heterocycles. The van der Waals surface area contributed by atoms with Gasteiger partial charge in [0.2, 0.25) is 5.91 Å². The lowest BCUT2D eigenvalue weighted by molar-refractivity contribution is -0.118. The standard InChI is InChI=1S/C20H24N2O3/c1-13(2)16-9-7-8-14(3)20(16)22-19(24)12-25-18-11-6-5-10-17(18)21-15(4)23/h5-11,13H,12H2,1-4H3,(H,21,23)(H,22,24). The number of nitrogens with one attached hydrogen (secondary N) is 2. The summed E-state index contributed by atoms with van der Waals surface area (Å²) in [6, 6.07) is 13.0. The van der Waals surface area contributed by atoms with Gasteiger partial charge in [-0.1, -0.05) is 44.2 Å². The van der Waals surface area contributed by atoms with Crippen LogP contribution in [0.2, 0.25) is 0 Å². The van der Waals surface area contributed by atoms with Crippen LogP contribution in [0, 0.1) is 6.92 Å². The molecule has 5 nitrogen and oxygen atoms in total. The van der Waals surface area contributed by atoms with Crippen molar-refractivity contribution in [1.82, 2.24) is 0 Å². The highest BCUT2D eigenvalue weighted by Crippen LogP contribution is 2.28. The largest absolute Gasteiger partial charge is 0.482 e. The highest BCUT2D eigenvalue weighted by molar-refractivity contribution is 5.94. The van der Waals surface area contributed by atoms with E-state index >= 15 is 0 Å². The van der Waals surface area contributed by atoms with Gasteiger partial charge >= 0.3 is 0 Å². The summed E-state index contributed by atoms with van der Waals surface area (Å²) in [4.78, 5) is 23.6. The summed E-state index contributed by atoms with van der Waals surface area (Å²) in [6.45, 7) is 7.43. The molecule has 25 heavy (non-hydrogen) atoms. The Balaban J connectivity index is 2.07. The smallest absolute Gasteiger partial charge is 0.262 e. The summed E-state index contributed by atoms with van der Waals surface area (Å²) in [5, 5.41) is 5.62. The van der Waals surface area contributed by atoms with E-state index in [0.29, 0.717) is 17.4 Å². The third-order valence-electron chi connectivity index (χ3n) is 3.75. The first-order chi connectivity index (χ1) is 11.9. The molecule has 2 rings (SSSR count). The number of para-hydroxylation sites is 3. The van der Waals surface area contributed by atoms with E-state index in [-0.39, 0.29) is 18.4 Å². The van der Waals surface area contributed by atoms with Crippen molar-refractivity contribution in [3.05, 3.63) is 53.6 Å². The van der Waals surface area contributed by atoms with E-state index < -0.39 is 0 Å². The predicted molar refractivity (Wildman–Crippen MR) is 100 cm³/mol. The molecule has 2 aromatic carbocycles. The van der Waals surface area contributed by atoms with Crippen molar-refractivity contribution >= 4 is 23.2 Å². The number of hydrogen-bond donors (Lipinski definition) is 2. The number of rotatable bonds is 6. The van der Waals surface area contributed by atoms with Crippen molar-refractivity contribution in [3.8, 4) is 5.75 Å². The molecular formula is C20H24N2O3. The molecule has 0 aliphatic rings. The fraction of sp³-hybridized carbons (Fsp3) is 0.300. The van der Waals surface area contributed by atoms with E-state index in [4.69, 9.17) is 4.74 Å². The van der Waals surface area contributed by atoms with E-state index in [1.54, 1.807) is 24.3 Å². The summed E-state index contributed by atoms with van der Waals surface area (Å²) in [5.74, 6) is 0.328. The molecule has 0 radical (unpaired) electrons. The Hall–Kier alpha value is -2.82. The van der Waals surface area contributed by atoms with Gasteiger partial charge in [-0.3, -0.25) is 9.59 Å². The average Bonchev–Trinajstić information content (AvgIpc) is 2.55. The summed E-state index contributed by atoms with van der Waals surface area (Å²) in [6.07, 6.45) is 0. The molecule has 0 saturated carbocycles. The van der Waals surface area contributed by atoms with Gasteiger partial charge in [0.25, 0.3) is 5.91 Å². The van der Waals surface area contributed by atoms with E-state index in [9.17, 15) is 9.59 Å². The minimum absolute atomic E-state index is 0.136. The van der Waals surface area contributed by atoms with Gasteiger partial charge in [-0.2, -0.15) is 0 Å². The van der Waals surface area contributed by atoms with E-state index in [2.05, 4.69) is 24.5 Å². The summed E-state index contributed by atoms with van der Waals surface area (Å²) in [7, 11) is 0. The van der Waals surface area contributed by atoms with Gasteiger partial charge in [-0.15, -0.1) is 0 Å². The average molecular weight is 340 g/mol. The Bertz CT molecular complexity index is 769. The second-order valence-corrected chi connectivity index (χ2v) is 6.21. The quantitative estimate of drug-likeness (QED) is 0.832. The lowest BCUT2D eigenvalue weighted by Crippen LogP contribution is -2.22. The van der Waals surface area contributed by atoms with Crippen molar-refractivity contribution in [3.63, 3.8) is 0 Å². The van der Waals surface area contributed by atoms with Crippen LogP contribution in [0.4, 0.5) is 11.4 Å². The normalized spacial score (nSPS) is 10.4. The van der Waals surface area contributed by atoms with Crippen molar-refractivity contribution in [2.75, 3.05) is 17.2 Å². The first-order valence-corrected chi connectivity index (χ1v) is 8.27. The van der Waals surface area contributed by atoms with Crippen molar-refractivity contribution in [1.29, 1.82) is 0 Å². The first-order valence-electron chi connectivity index (χ1n) is 8.27. The maximum Gasteiger partial charge on any atom is 0.262 e.